The van der Waals surface area contributed by atoms with Crippen LogP contribution in [0.4, 0.5) is 5.69 Å². The van der Waals surface area contributed by atoms with Crippen molar-refractivity contribution in [2.75, 3.05) is 11.9 Å². The number of carbonyl (C=O) groups excluding carboxylic acids is 5. The van der Waals surface area contributed by atoms with Crippen LogP contribution in [0.15, 0.2) is 18.2 Å². The number of nitrogens with one attached hydrogen (secondary N) is 2. The Kier molecular flexibility index (Phi) is 3.65. The maximum absolute atomic E-state index is 12.5. The Morgan fingerprint density at radius 1 is 1.17 bits per heavy atom. The van der Waals surface area contributed by atoms with Gasteiger partial charge in [-0.05, 0) is 24.6 Å². The number of amides is 4. The molecule has 4 amide bonds. The molecule has 1 unspecified atom stereocenters. The van der Waals surface area contributed by atoms with Crippen molar-refractivity contribution < 1.29 is 24.0 Å². The quantitative estimate of drug-likeness (QED) is 0.582. The number of hydrogen-bond donors (Lipinski definition) is 2. The van der Waals surface area contributed by atoms with Gasteiger partial charge in [0.1, 0.15) is 12.3 Å². The van der Waals surface area contributed by atoms with E-state index in [1.54, 1.807) is 6.07 Å². The minimum Gasteiger partial charge on any atom is -0.378 e. The molecule has 2 aliphatic rings. The lowest BCUT2D eigenvalue weighted by Crippen LogP contribution is -2.54. The van der Waals surface area contributed by atoms with E-state index in [9.17, 15) is 24.0 Å². The van der Waals surface area contributed by atoms with Crippen LogP contribution in [0.2, 0.25) is 0 Å². The molecule has 1 aromatic carbocycles. The predicted octanol–water partition coefficient (Wildman–Crippen LogP) is -0.301. The average molecular weight is 315 g/mol. The lowest BCUT2D eigenvalue weighted by atomic mass is 10.0. The van der Waals surface area contributed by atoms with Crippen LogP contribution in [0.1, 0.15) is 33.6 Å². The maximum Gasteiger partial charge on any atom is 0.262 e. The lowest BCUT2D eigenvalue weighted by molar-refractivity contribution is -0.136. The van der Waals surface area contributed by atoms with E-state index in [1.807, 2.05) is 0 Å². The molecule has 118 valence electrons. The van der Waals surface area contributed by atoms with Gasteiger partial charge in [0.15, 0.2) is 0 Å². The first kappa shape index (κ1) is 14.9. The summed E-state index contributed by atoms with van der Waals surface area (Å²) >= 11 is 0. The summed E-state index contributed by atoms with van der Waals surface area (Å²) in [4.78, 5) is 59.3. The number of aldehydes is 1. The highest BCUT2D eigenvalue weighted by molar-refractivity contribution is 6.23. The second kappa shape index (κ2) is 5.64. The van der Waals surface area contributed by atoms with Crippen molar-refractivity contribution in [2.45, 2.75) is 18.9 Å². The Balaban J connectivity index is 1.89. The Morgan fingerprint density at radius 2 is 1.91 bits per heavy atom. The van der Waals surface area contributed by atoms with E-state index in [0.29, 0.717) is 12.0 Å². The molecule has 8 nitrogen and oxygen atoms in total. The summed E-state index contributed by atoms with van der Waals surface area (Å²) in [7, 11) is 0. The number of carbonyl (C=O) groups is 5. The second-order valence-corrected chi connectivity index (χ2v) is 5.26. The van der Waals surface area contributed by atoms with Gasteiger partial charge in [0.25, 0.3) is 11.8 Å². The third-order valence-corrected chi connectivity index (χ3v) is 3.83. The number of piperidine rings is 1. The highest BCUT2D eigenvalue weighted by Crippen LogP contribution is 2.29. The molecule has 0 radical (unpaired) electrons. The highest BCUT2D eigenvalue weighted by atomic mass is 16.2. The van der Waals surface area contributed by atoms with Crippen molar-refractivity contribution >= 4 is 35.6 Å². The molecule has 23 heavy (non-hydrogen) atoms. The Hall–Kier alpha value is -3.03. The van der Waals surface area contributed by atoms with Gasteiger partial charge in [-0.15, -0.1) is 0 Å². The molecule has 2 heterocycles. The summed E-state index contributed by atoms with van der Waals surface area (Å²) in [5.74, 6) is -2.19. The molecule has 0 aliphatic carbocycles. The number of rotatable bonds is 4. The lowest BCUT2D eigenvalue weighted by Gasteiger charge is -2.27. The zero-order chi connectivity index (χ0) is 16.6. The van der Waals surface area contributed by atoms with Crippen molar-refractivity contribution in [3.63, 3.8) is 0 Å². The fourth-order valence-corrected chi connectivity index (χ4v) is 2.74. The number of nitrogens with zero attached hydrogens (tertiary/aromatic N) is 1. The topological polar surface area (TPSA) is 113 Å². The molecular weight excluding hydrogens is 302 g/mol. The highest BCUT2D eigenvalue weighted by Gasteiger charge is 2.44. The van der Waals surface area contributed by atoms with E-state index >= 15 is 0 Å². The van der Waals surface area contributed by atoms with Crippen LogP contribution in [0, 0.1) is 0 Å². The minimum atomic E-state index is -0.980. The SMILES string of the molecule is O=CCNc1ccc2c(c1)C(=O)N(C1CCC(=O)NC1=O)C2=O. The molecule has 2 N–H and O–H groups in total. The molecule has 1 fully saturated rings. The maximum atomic E-state index is 12.5. The zero-order valence-electron chi connectivity index (χ0n) is 12.0. The largest absolute Gasteiger partial charge is 0.378 e. The normalized spacial score (nSPS) is 20.3. The fourth-order valence-electron chi connectivity index (χ4n) is 2.74. The summed E-state index contributed by atoms with van der Waals surface area (Å²) in [5, 5.41) is 4.93. The van der Waals surface area contributed by atoms with Crippen molar-refractivity contribution in [1.82, 2.24) is 10.2 Å². The van der Waals surface area contributed by atoms with Gasteiger partial charge in [-0.1, -0.05) is 0 Å². The van der Waals surface area contributed by atoms with Crippen molar-refractivity contribution in [3.8, 4) is 0 Å². The van der Waals surface area contributed by atoms with E-state index < -0.39 is 29.7 Å². The molecule has 3 rings (SSSR count). The van der Waals surface area contributed by atoms with E-state index in [-0.39, 0.29) is 30.5 Å². The van der Waals surface area contributed by atoms with Crippen LogP contribution < -0.4 is 10.6 Å². The predicted molar refractivity (Wildman–Crippen MR) is 77.7 cm³/mol. The fraction of sp³-hybridized carbons (Fsp3) is 0.267. The van der Waals surface area contributed by atoms with Gasteiger partial charge in [-0.2, -0.15) is 0 Å². The first-order valence-corrected chi connectivity index (χ1v) is 7.06. The van der Waals surface area contributed by atoms with Gasteiger partial charge in [0, 0.05) is 12.1 Å². The minimum absolute atomic E-state index is 0.0793. The van der Waals surface area contributed by atoms with E-state index in [4.69, 9.17) is 0 Å². The van der Waals surface area contributed by atoms with Gasteiger partial charge in [-0.25, -0.2) is 0 Å². The second-order valence-electron chi connectivity index (χ2n) is 5.26. The van der Waals surface area contributed by atoms with E-state index in [0.717, 1.165) is 4.90 Å². The standard InChI is InChI=1S/C15H13N3O5/c19-6-5-16-8-1-2-9-10(7-8)15(23)18(14(9)22)11-3-4-12(20)17-13(11)21/h1-2,6-7,11,16H,3-5H2,(H,17,20,21). The summed E-state index contributed by atoms with van der Waals surface area (Å²) in [6.07, 6.45) is 0.873. The molecule has 1 atom stereocenters. The zero-order valence-corrected chi connectivity index (χ0v) is 12.0. The summed E-state index contributed by atoms with van der Waals surface area (Å²) < 4.78 is 0. The van der Waals surface area contributed by atoms with Crippen molar-refractivity contribution in [2.24, 2.45) is 0 Å². The molecule has 0 aromatic heterocycles. The Bertz CT molecular complexity index is 743. The Labute approximate surface area is 130 Å². The van der Waals surface area contributed by atoms with Crippen LogP contribution in [0.25, 0.3) is 0 Å². The monoisotopic (exact) mass is 315 g/mol. The van der Waals surface area contributed by atoms with E-state index in [2.05, 4.69) is 10.6 Å². The number of anilines is 1. The third-order valence-electron chi connectivity index (χ3n) is 3.83. The smallest absolute Gasteiger partial charge is 0.262 e. The number of imide groups is 2. The average Bonchev–Trinajstić information content (AvgIpc) is 2.77. The molecule has 8 heteroatoms. The van der Waals surface area contributed by atoms with Crippen molar-refractivity contribution in [3.05, 3.63) is 29.3 Å². The first-order valence-electron chi connectivity index (χ1n) is 7.06. The van der Waals surface area contributed by atoms with Gasteiger partial charge >= 0.3 is 0 Å². The van der Waals surface area contributed by atoms with Gasteiger partial charge in [-0.3, -0.25) is 29.4 Å². The number of hydrogen-bond acceptors (Lipinski definition) is 6. The molecule has 1 aromatic rings. The van der Waals surface area contributed by atoms with Crippen LogP contribution in [0.3, 0.4) is 0 Å². The van der Waals surface area contributed by atoms with Crippen LogP contribution in [0.5, 0.6) is 0 Å². The summed E-state index contributed by atoms with van der Waals surface area (Å²) in [6.45, 7) is 0.0811. The van der Waals surface area contributed by atoms with Gasteiger partial charge < -0.3 is 10.1 Å². The van der Waals surface area contributed by atoms with E-state index in [1.165, 1.54) is 12.1 Å². The number of fused-ring (bicyclic) bond motifs is 1. The first-order chi connectivity index (χ1) is 11.0. The molecule has 0 spiro atoms. The van der Waals surface area contributed by atoms with Gasteiger partial charge in [0.2, 0.25) is 11.8 Å². The van der Waals surface area contributed by atoms with Gasteiger partial charge in [0.05, 0.1) is 17.7 Å². The molecule has 0 bridgehead atoms. The van der Waals surface area contributed by atoms with Crippen LogP contribution in [-0.2, 0) is 14.4 Å². The number of benzene rings is 1. The van der Waals surface area contributed by atoms with Crippen LogP contribution in [-0.4, -0.2) is 47.4 Å². The Morgan fingerprint density at radius 3 is 2.61 bits per heavy atom. The summed E-state index contributed by atoms with van der Waals surface area (Å²) in [6, 6.07) is 3.56. The molecular formula is C15H13N3O5. The summed E-state index contributed by atoms with van der Waals surface area (Å²) in [5.41, 5.74) is 0.911. The van der Waals surface area contributed by atoms with Crippen molar-refractivity contribution in [1.29, 1.82) is 0 Å². The third kappa shape index (κ3) is 2.48. The molecule has 2 aliphatic heterocycles. The van der Waals surface area contributed by atoms with Crippen LogP contribution >= 0.6 is 0 Å². The molecule has 0 saturated carbocycles. The molecule has 1 saturated heterocycles.